The first-order chi connectivity index (χ1) is 6.25. The maximum atomic E-state index is 10.6. The lowest BCUT2D eigenvalue weighted by Gasteiger charge is -2.05. The van der Waals surface area contributed by atoms with Gasteiger partial charge in [-0.3, -0.25) is 0 Å². The molecule has 0 aliphatic rings. The Morgan fingerprint density at radius 1 is 1.38 bits per heavy atom. The van der Waals surface area contributed by atoms with E-state index >= 15 is 0 Å². The van der Waals surface area contributed by atoms with Gasteiger partial charge >= 0.3 is 5.97 Å². The van der Waals surface area contributed by atoms with Crippen molar-refractivity contribution in [3.8, 4) is 5.75 Å². The van der Waals surface area contributed by atoms with Crippen LogP contribution in [0.4, 0.5) is 0 Å². The molecule has 0 amide bonds. The lowest BCUT2D eigenvalue weighted by atomic mass is 10.2. The highest BCUT2D eigenvalue weighted by Gasteiger charge is 2.09. The van der Waals surface area contributed by atoms with E-state index in [9.17, 15) is 9.90 Å². The molecule has 1 rings (SSSR count). The fourth-order valence-corrected chi connectivity index (χ4v) is 0.921. The van der Waals surface area contributed by atoms with Crippen molar-refractivity contribution in [1.29, 1.82) is 0 Å². The summed E-state index contributed by atoms with van der Waals surface area (Å²) in [5.41, 5.74) is 0.0796. The van der Waals surface area contributed by atoms with Gasteiger partial charge in [0.05, 0.1) is 0 Å². The molecule has 0 aliphatic heterocycles. The first-order valence-electron chi connectivity index (χ1n) is 3.79. The fourth-order valence-electron chi connectivity index (χ4n) is 0.921. The van der Waals surface area contributed by atoms with E-state index in [1.54, 1.807) is 12.1 Å². The maximum absolute atomic E-state index is 10.6. The molecule has 1 N–H and O–H groups in total. The molecule has 0 saturated carbocycles. The van der Waals surface area contributed by atoms with E-state index in [-0.39, 0.29) is 24.5 Å². The largest absolute Gasteiger partial charge is 0.490 e. The van der Waals surface area contributed by atoms with Gasteiger partial charge in [0.25, 0.3) is 0 Å². The molecule has 69 valence electrons. The molecule has 1 aromatic carbocycles. The Kier molecular flexibility index (Phi) is 3.28. The Hall–Kier alpha value is -1.55. The number of hydrogen-bond donors (Lipinski definition) is 1. The topological polar surface area (TPSA) is 66.4 Å². The predicted octanol–water partition coefficient (Wildman–Crippen LogP) is 1.19. The molecular formula is C9H9O4. The van der Waals surface area contributed by atoms with Crippen molar-refractivity contribution in [3.05, 3.63) is 29.8 Å². The van der Waals surface area contributed by atoms with Crippen LogP contribution in [0.1, 0.15) is 10.4 Å². The van der Waals surface area contributed by atoms with Gasteiger partial charge in [0.15, 0.2) is 0 Å². The average Bonchev–Trinajstić information content (AvgIpc) is 2.15. The fraction of sp³-hybridized carbons (Fsp3) is 0.222. The molecule has 0 unspecified atom stereocenters. The average molecular weight is 181 g/mol. The van der Waals surface area contributed by atoms with Gasteiger partial charge in [-0.05, 0) is 12.1 Å². The predicted molar refractivity (Wildman–Crippen MR) is 44.4 cm³/mol. The molecular weight excluding hydrogens is 172 g/mol. The molecule has 0 bridgehead atoms. The zero-order chi connectivity index (χ0) is 9.68. The molecule has 0 spiro atoms. The van der Waals surface area contributed by atoms with Crippen molar-refractivity contribution in [2.45, 2.75) is 0 Å². The molecule has 13 heavy (non-hydrogen) atoms. The highest BCUT2D eigenvalue weighted by molar-refractivity contribution is 5.90. The lowest BCUT2D eigenvalue weighted by molar-refractivity contribution is 0.0688. The van der Waals surface area contributed by atoms with Gasteiger partial charge in [0.2, 0.25) is 0 Å². The summed E-state index contributed by atoms with van der Waals surface area (Å²) in [6.07, 6.45) is 0. The highest BCUT2D eigenvalue weighted by Crippen LogP contribution is 2.17. The van der Waals surface area contributed by atoms with E-state index in [1.807, 2.05) is 0 Å². The summed E-state index contributed by atoms with van der Waals surface area (Å²) in [6, 6.07) is 6.22. The smallest absolute Gasteiger partial charge is 0.339 e. The summed E-state index contributed by atoms with van der Waals surface area (Å²) in [4.78, 5) is 10.6. The summed E-state index contributed by atoms with van der Waals surface area (Å²) >= 11 is 0. The molecule has 4 nitrogen and oxygen atoms in total. The van der Waals surface area contributed by atoms with Crippen LogP contribution in [0.25, 0.3) is 0 Å². The summed E-state index contributed by atoms with van der Waals surface area (Å²) in [5, 5.41) is 18.8. The highest BCUT2D eigenvalue weighted by atomic mass is 16.5. The van der Waals surface area contributed by atoms with E-state index in [0.29, 0.717) is 0 Å². The monoisotopic (exact) mass is 181 g/mol. The third-order valence-electron chi connectivity index (χ3n) is 1.46. The zero-order valence-electron chi connectivity index (χ0n) is 6.90. The van der Waals surface area contributed by atoms with E-state index in [4.69, 9.17) is 9.84 Å². The molecule has 0 aromatic heterocycles. The molecule has 0 heterocycles. The second-order valence-corrected chi connectivity index (χ2v) is 2.35. The number of carboxylic acids is 1. The van der Waals surface area contributed by atoms with E-state index in [0.717, 1.165) is 0 Å². The van der Waals surface area contributed by atoms with E-state index in [1.165, 1.54) is 12.1 Å². The third kappa shape index (κ3) is 2.45. The normalized spacial score (nSPS) is 9.62. The van der Waals surface area contributed by atoms with Gasteiger partial charge in [-0.2, -0.15) is 0 Å². The van der Waals surface area contributed by atoms with Crippen LogP contribution in [0.3, 0.4) is 0 Å². The molecule has 0 saturated heterocycles. The Labute approximate surface area is 75.4 Å². The number of aromatic carboxylic acids is 1. The van der Waals surface area contributed by atoms with Crippen molar-refractivity contribution in [3.63, 3.8) is 0 Å². The maximum Gasteiger partial charge on any atom is 0.339 e. The Balaban J connectivity index is 2.84. The summed E-state index contributed by atoms with van der Waals surface area (Å²) in [6.45, 7) is -0.391. The minimum atomic E-state index is -1.05. The van der Waals surface area contributed by atoms with Crippen LogP contribution in [0.5, 0.6) is 5.75 Å². The van der Waals surface area contributed by atoms with Gasteiger partial charge in [-0.1, -0.05) is 12.1 Å². The number of para-hydroxylation sites is 1. The second-order valence-electron chi connectivity index (χ2n) is 2.35. The summed E-state index contributed by atoms with van der Waals surface area (Å²) in [5.74, 6) is -0.813. The minimum absolute atomic E-state index is 0.00963. The number of rotatable bonds is 4. The van der Waals surface area contributed by atoms with Crippen LogP contribution in [0, 0.1) is 0 Å². The first-order valence-corrected chi connectivity index (χ1v) is 3.79. The van der Waals surface area contributed by atoms with Gasteiger partial charge in [-0.15, -0.1) is 0 Å². The van der Waals surface area contributed by atoms with Crippen molar-refractivity contribution < 1.29 is 19.7 Å². The number of hydrogen-bond acceptors (Lipinski definition) is 2. The van der Waals surface area contributed by atoms with Crippen LogP contribution in [-0.4, -0.2) is 24.3 Å². The van der Waals surface area contributed by atoms with Crippen LogP contribution >= 0.6 is 0 Å². The lowest BCUT2D eigenvalue weighted by Crippen LogP contribution is -2.05. The molecule has 1 aromatic rings. The van der Waals surface area contributed by atoms with Crippen molar-refractivity contribution in [2.75, 3.05) is 13.2 Å². The van der Waals surface area contributed by atoms with Gasteiger partial charge in [0.1, 0.15) is 24.5 Å². The van der Waals surface area contributed by atoms with E-state index in [2.05, 4.69) is 0 Å². The van der Waals surface area contributed by atoms with Gasteiger partial charge in [-0.25, -0.2) is 9.90 Å². The molecule has 0 atom stereocenters. The second kappa shape index (κ2) is 4.47. The number of carbonyl (C=O) groups is 1. The molecule has 0 fully saturated rings. The molecule has 0 aliphatic carbocycles. The number of ether oxygens (including phenoxy) is 1. The third-order valence-corrected chi connectivity index (χ3v) is 1.46. The molecule has 4 heteroatoms. The van der Waals surface area contributed by atoms with Gasteiger partial charge < -0.3 is 9.84 Å². The number of benzene rings is 1. The Morgan fingerprint density at radius 2 is 2.08 bits per heavy atom. The minimum Gasteiger partial charge on any atom is -0.490 e. The van der Waals surface area contributed by atoms with Crippen LogP contribution in [0.2, 0.25) is 0 Å². The SMILES string of the molecule is [O]CCOc1ccccc1C(=O)O. The van der Waals surface area contributed by atoms with Crippen molar-refractivity contribution in [1.82, 2.24) is 0 Å². The van der Waals surface area contributed by atoms with Crippen LogP contribution in [0.15, 0.2) is 24.3 Å². The van der Waals surface area contributed by atoms with Gasteiger partial charge in [0, 0.05) is 0 Å². The molecule has 1 radical (unpaired) electrons. The van der Waals surface area contributed by atoms with E-state index < -0.39 is 5.97 Å². The zero-order valence-corrected chi connectivity index (χ0v) is 6.90. The van der Waals surface area contributed by atoms with Crippen molar-refractivity contribution >= 4 is 5.97 Å². The van der Waals surface area contributed by atoms with Crippen molar-refractivity contribution in [2.24, 2.45) is 0 Å². The number of carboxylic acid groups (broad SMARTS) is 1. The standard InChI is InChI=1S/C9H9O4/c10-5-6-13-8-4-2-1-3-7(8)9(11)12/h1-4H,5-6H2,(H,11,12). The summed E-state index contributed by atoms with van der Waals surface area (Å²) in [7, 11) is 0. The Bertz CT molecular complexity index is 295. The quantitative estimate of drug-likeness (QED) is 0.758. The summed E-state index contributed by atoms with van der Waals surface area (Å²) < 4.78 is 4.95. The first kappa shape index (κ1) is 9.54. The van der Waals surface area contributed by atoms with Crippen LogP contribution in [-0.2, 0) is 5.11 Å². The van der Waals surface area contributed by atoms with Crippen LogP contribution < -0.4 is 4.74 Å². The Morgan fingerprint density at radius 3 is 2.69 bits per heavy atom.